The van der Waals surface area contributed by atoms with Crippen LogP contribution in [0.1, 0.15) is 10.4 Å². The van der Waals surface area contributed by atoms with E-state index in [9.17, 15) is 9.18 Å². The molecule has 4 rings (SSSR count). The number of anilines is 1. The van der Waals surface area contributed by atoms with Crippen LogP contribution in [0, 0.1) is 5.82 Å². The van der Waals surface area contributed by atoms with Gasteiger partial charge in [-0.2, -0.15) is 0 Å². The highest BCUT2D eigenvalue weighted by Gasteiger charge is 2.24. The van der Waals surface area contributed by atoms with E-state index in [4.69, 9.17) is 27.9 Å². The Morgan fingerprint density at radius 1 is 1.21 bits per heavy atom. The lowest BCUT2D eigenvalue weighted by Crippen LogP contribution is -2.43. The summed E-state index contributed by atoms with van der Waals surface area (Å²) in [7, 11) is 0. The number of aromatic nitrogens is 1. The second kappa shape index (κ2) is 8.93. The summed E-state index contributed by atoms with van der Waals surface area (Å²) in [6.45, 7) is 4.06. The van der Waals surface area contributed by atoms with Crippen molar-refractivity contribution in [3.63, 3.8) is 0 Å². The minimum atomic E-state index is -0.336. The van der Waals surface area contributed by atoms with Gasteiger partial charge in [0, 0.05) is 31.2 Å². The lowest BCUT2D eigenvalue weighted by Gasteiger charge is -2.29. The average Bonchev–Trinajstić information content (AvgIpc) is 3.13. The van der Waals surface area contributed by atoms with Gasteiger partial charge in [0.25, 0.3) is 5.91 Å². The fourth-order valence-electron chi connectivity index (χ4n) is 3.16. The van der Waals surface area contributed by atoms with Crippen molar-refractivity contribution in [2.45, 2.75) is 0 Å². The van der Waals surface area contributed by atoms with E-state index in [1.807, 2.05) is 0 Å². The minimum absolute atomic E-state index is 0.287. The summed E-state index contributed by atoms with van der Waals surface area (Å²) in [6.07, 6.45) is 0. The number of benzene rings is 2. The van der Waals surface area contributed by atoms with Gasteiger partial charge in [0.2, 0.25) is 0 Å². The summed E-state index contributed by atoms with van der Waals surface area (Å²) in [5.74, 6) is -0.623. The maximum absolute atomic E-state index is 13.6. The molecular formula is C20H18Cl2FN3O2S. The second-order valence-electron chi connectivity index (χ2n) is 6.64. The molecule has 0 aliphatic carbocycles. The van der Waals surface area contributed by atoms with Crippen LogP contribution in [-0.4, -0.2) is 55.2 Å². The molecule has 0 atom stereocenters. The molecular weight excluding hydrogens is 436 g/mol. The maximum atomic E-state index is 13.6. The summed E-state index contributed by atoms with van der Waals surface area (Å²) in [5, 5.41) is 1.25. The van der Waals surface area contributed by atoms with Gasteiger partial charge < -0.3 is 4.74 Å². The number of hydrogen-bond acceptors (Lipinski definition) is 5. The second-order valence-corrected chi connectivity index (χ2v) is 8.50. The predicted molar refractivity (Wildman–Crippen MR) is 115 cm³/mol. The number of nitrogens with zero attached hydrogens (tertiary/aromatic N) is 3. The summed E-state index contributed by atoms with van der Waals surface area (Å²) in [4.78, 5) is 21.7. The SMILES string of the molecule is O=C(c1cc(Cl)ccc1Cl)N(CCN1CCOCC1)c1nc2ccc(F)cc2s1. The third kappa shape index (κ3) is 4.70. The van der Waals surface area contributed by atoms with Gasteiger partial charge in [0.15, 0.2) is 5.13 Å². The van der Waals surface area contributed by atoms with Crippen LogP contribution in [0.3, 0.4) is 0 Å². The lowest BCUT2D eigenvalue weighted by atomic mass is 10.2. The normalized spacial score (nSPS) is 15.0. The monoisotopic (exact) mass is 453 g/mol. The van der Waals surface area contributed by atoms with Gasteiger partial charge in [-0.3, -0.25) is 14.6 Å². The first-order valence-corrected chi connectivity index (χ1v) is 10.7. The standard InChI is InChI=1S/C20H18Cl2FN3O2S/c21-13-1-3-16(22)15(11-13)19(27)26(6-5-25-7-9-28-10-8-25)20-24-17-4-2-14(23)12-18(17)29-20/h1-4,11-12H,5-10H2. The molecule has 1 aliphatic heterocycles. The van der Waals surface area contributed by atoms with Crippen molar-refractivity contribution in [1.82, 2.24) is 9.88 Å². The molecule has 29 heavy (non-hydrogen) atoms. The molecule has 0 saturated carbocycles. The molecule has 1 aromatic heterocycles. The van der Waals surface area contributed by atoms with E-state index in [-0.39, 0.29) is 11.7 Å². The van der Waals surface area contributed by atoms with Crippen LogP contribution in [0.5, 0.6) is 0 Å². The van der Waals surface area contributed by atoms with Crippen molar-refractivity contribution in [3.8, 4) is 0 Å². The van der Waals surface area contributed by atoms with Crippen LogP contribution in [0.15, 0.2) is 36.4 Å². The van der Waals surface area contributed by atoms with Crippen molar-refractivity contribution in [2.24, 2.45) is 0 Å². The van der Waals surface area contributed by atoms with Crippen LogP contribution < -0.4 is 4.90 Å². The van der Waals surface area contributed by atoms with Gasteiger partial charge in [-0.15, -0.1) is 0 Å². The van der Waals surface area contributed by atoms with E-state index in [1.54, 1.807) is 29.2 Å². The quantitative estimate of drug-likeness (QED) is 0.560. The molecule has 1 saturated heterocycles. The summed E-state index contributed by atoms with van der Waals surface area (Å²) in [6, 6.07) is 9.19. The van der Waals surface area contributed by atoms with Crippen molar-refractivity contribution in [3.05, 3.63) is 57.8 Å². The van der Waals surface area contributed by atoms with E-state index in [1.165, 1.54) is 23.5 Å². The molecule has 0 unspecified atom stereocenters. The Labute approximate surface area is 181 Å². The predicted octanol–water partition coefficient (Wildman–Crippen LogP) is 4.72. The first-order valence-electron chi connectivity index (χ1n) is 9.14. The Kier molecular flexibility index (Phi) is 6.32. The Morgan fingerprint density at radius 2 is 2.00 bits per heavy atom. The highest BCUT2D eigenvalue weighted by molar-refractivity contribution is 7.22. The lowest BCUT2D eigenvalue weighted by molar-refractivity contribution is 0.0391. The fraction of sp³-hybridized carbons (Fsp3) is 0.300. The average molecular weight is 454 g/mol. The highest BCUT2D eigenvalue weighted by Crippen LogP contribution is 2.31. The van der Waals surface area contributed by atoms with E-state index >= 15 is 0 Å². The van der Waals surface area contributed by atoms with E-state index in [2.05, 4.69) is 9.88 Å². The molecule has 1 fully saturated rings. The number of morpholine rings is 1. The van der Waals surface area contributed by atoms with Gasteiger partial charge in [-0.05, 0) is 36.4 Å². The van der Waals surface area contributed by atoms with Crippen molar-refractivity contribution in [2.75, 3.05) is 44.3 Å². The molecule has 5 nitrogen and oxygen atoms in total. The molecule has 0 radical (unpaired) electrons. The number of halogens is 3. The fourth-order valence-corrected chi connectivity index (χ4v) is 4.54. The van der Waals surface area contributed by atoms with Gasteiger partial charge in [0.05, 0.1) is 34.0 Å². The number of thiazole rings is 1. The van der Waals surface area contributed by atoms with Gasteiger partial charge in [-0.25, -0.2) is 9.37 Å². The molecule has 0 bridgehead atoms. The zero-order valence-corrected chi connectivity index (χ0v) is 17.7. The molecule has 1 aliphatic rings. The van der Waals surface area contributed by atoms with Crippen molar-refractivity contribution in [1.29, 1.82) is 0 Å². The van der Waals surface area contributed by atoms with Gasteiger partial charge in [0.1, 0.15) is 5.82 Å². The van der Waals surface area contributed by atoms with Crippen LogP contribution >= 0.6 is 34.5 Å². The molecule has 2 heterocycles. The third-order valence-electron chi connectivity index (χ3n) is 4.72. The number of ether oxygens (including phenoxy) is 1. The Bertz CT molecular complexity index is 1040. The maximum Gasteiger partial charge on any atom is 0.261 e. The molecule has 152 valence electrons. The Hall–Kier alpha value is -1.77. The number of carbonyl (C=O) groups excluding carboxylic acids is 1. The molecule has 9 heteroatoms. The Morgan fingerprint density at radius 3 is 2.79 bits per heavy atom. The topological polar surface area (TPSA) is 45.7 Å². The third-order valence-corrected chi connectivity index (χ3v) is 6.32. The number of amides is 1. The van der Waals surface area contributed by atoms with E-state index in [0.717, 1.165) is 13.1 Å². The number of rotatable bonds is 5. The summed E-state index contributed by atoms with van der Waals surface area (Å²) in [5.41, 5.74) is 0.958. The molecule has 1 amide bonds. The smallest absolute Gasteiger partial charge is 0.261 e. The number of hydrogen-bond donors (Lipinski definition) is 0. The first kappa shape index (κ1) is 20.5. The molecule has 0 N–H and O–H groups in total. The largest absolute Gasteiger partial charge is 0.379 e. The van der Waals surface area contributed by atoms with Crippen LogP contribution in [0.2, 0.25) is 10.0 Å². The van der Waals surface area contributed by atoms with Crippen LogP contribution in [0.25, 0.3) is 10.2 Å². The summed E-state index contributed by atoms with van der Waals surface area (Å²) < 4.78 is 19.7. The van der Waals surface area contributed by atoms with E-state index in [0.29, 0.717) is 57.3 Å². The minimum Gasteiger partial charge on any atom is -0.379 e. The number of carbonyl (C=O) groups is 1. The van der Waals surface area contributed by atoms with E-state index < -0.39 is 0 Å². The molecule has 3 aromatic rings. The highest BCUT2D eigenvalue weighted by atomic mass is 35.5. The van der Waals surface area contributed by atoms with Crippen LogP contribution in [0.4, 0.5) is 9.52 Å². The number of fused-ring (bicyclic) bond motifs is 1. The van der Waals surface area contributed by atoms with Crippen molar-refractivity contribution < 1.29 is 13.9 Å². The Balaban J connectivity index is 1.67. The van der Waals surface area contributed by atoms with Gasteiger partial charge in [-0.1, -0.05) is 34.5 Å². The zero-order valence-electron chi connectivity index (χ0n) is 15.4. The summed E-state index contributed by atoms with van der Waals surface area (Å²) >= 11 is 13.6. The molecule has 0 spiro atoms. The van der Waals surface area contributed by atoms with Gasteiger partial charge >= 0.3 is 0 Å². The first-order chi connectivity index (χ1) is 14.0. The van der Waals surface area contributed by atoms with Crippen molar-refractivity contribution >= 4 is 55.8 Å². The zero-order chi connectivity index (χ0) is 20.4. The molecule has 2 aromatic carbocycles. The van der Waals surface area contributed by atoms with Crippen LogP contribution in [-0.2, 0) is 4.74 Å².